The highest BCUT2D eigenvalue weighted by Gasteiger charge is 2.16. The van der Waals surface area contributed by atoms with Gasteiger partial charge in [0.05, 0.1) is 23.2 Å². The minimum atomic E-state index is -0.337. The van der Waals surface area contributed by atoms with E-state index in [2.05, 4.69) is 5.32 Å². The van der Waals surface area contributed by atoms with Gasteiger partial charge in [-0.05, 0) is 30.5 Å². The maximum Gasteiger partial charge on any atom is 0.253 e. The van der Waals surface area contributed by atoms with Gasteiger partial charge in [0.15, 0.2) is 0 Å². The van der Waals surface area contributed by atoms with Gasteiger partial charge in [0.1, 0.15) is 0 Å². The third-order valence-corrected chi connectivity index (χ3v) is 3.82. The number of hydrogen-bond donors (Lipinski definition) is 2. The van der Waals surface area contributed by atoms with Gasteiger partial charge < -0.3 is 10.4 Å². The Kier molecular flexibility index (Phi) is 5.37. The lowest BCUT2D eigenvalue weighted by molar-refractivity contribution is 0.0916. The molecule has 4 heteroatoms. The zero-order valence-corrected chi connectivity index (χ0v) is 12.6. The summed E-state index contributed by atoms with van der Waals surface area (Å²) in [5.74, 6) is -0.265. The maximum atomic E-state index is 12.3. The number of benzene rings is 2. The molecule has 0 aliphatic heterocycles. The van der Waals surface area contributed by atoms with Crippen LogP contribution in [0.15, 0.2) is 48.5 Å². The van der Waals surface area contributed by atoms with Crippen molar-refractivity contribution in [2.24, 2.45) is 0 Å². The molecule has 0 aromatic heterocycles. The van der Waals surface area contributed by atoms with E-state index in [1.165, 1.54) is 0 Å². The summed E-state index contributed by atoms with van der Waals surface area (Å²) in [6.45, 7) is 1.73. The normalized spacial score (nSPS) is 12.0. The molecule has 0 heterocycles. The molecule has 0 aliphatic carbocycles. The lowest BCUT2D eigenvalue weighted by Gasteiger charge is -2.17. The van der Waals surface area contributed by atoms with Crippen molar-refractivity contribution < 1.29 is 9.90 Å². The Morgan fingerprint density at radius 3 is 2.57 bits per heavy atom. The molecule has 0 saturated heterocycles. The number of aryl methyl sites for hydroxylation is 1. The van der Waals surface area contributed by atoms with E-state index in [9.17, 15) is 9.90 Å². The molecule has 0 spiro atoms. The van der Waals surface area contributed by atoms with Crippen molar-refractivity contribution in [1.82, 2.24) is 5.32 Å². The van der Waals surface area contributed by atoms with Crippen LogP contribution in [-0.2, 0) is 6.42 Å². The van der Waals surface area contributed by atoms with Gasteiger partial charge >= 0.3 is 0 Å². The molecule has 0 aliphatic rings. The van der Waals surface area contributed by atoms with Gasteiger partial charge in [0, 0.05) is 0 Å². The van der Waals surface area contributed by atoms with Gasteiger partial charge in [-0.25, -0.2) is 0 Å². The summed E-state index contributed by atoms with van der Waals surface area (Å²) >= 11 is 6.15. The van der Waals surface area contributed by atoms with Crippen molar-refractivity contribution in [3.8, 4) is 0 Å². The first kappa shape index (κ1) is 15.5. The molecule has 0 radical (unpaired) electrons. The highest BCUT2D eigenvalue weighted by Crippen LogP contribution is 2.20. The third kappa shape index (κ3) is 4.06. The van der Waals surface area contributed by atoms with Crippen molar-refractivity contribution in [3.05, 3.63) is 70.2 Å². The molecule has 0 fully saturated rings. The van der Waals surface area contributed by atoms with Crippen LogP contribution in [0, 0.1) is 6.92 Å². The van der Waals surface area contributed by atoms with E-state index in [1.54, 1.807) is 12.1 Å². The van der Waals surface area contributed by atoms with E-state index in [0.29, 0.717) is 17.0 Å². The molecular weight excluding hydrogens is 286 g/mol. The van der Waals surface area contributed by atoms with E-state index in [-0.39, 0.29) is 18.6 Å². The predicted molar refractivity (Wildman–Crippen MR) is 84.7 cm³/mol. The van der Waals surface area contributed by atoms with Crippen LogP contribution in [0.1, 0.15) is 21.5 Å². The summed E-state index contributed by atoms with van der Waals surface area (Å²) in [5, 5.41) is 12.7. The summed E-state index contributed by atoms with van der Waals surface area (Å²) < 4.78 is 0. The average Bonchev–Trinajstić information content (AvgIpc) is 2.50. The first-order valence-electron chi connectivity index (χ1n) is 6.82. The van der Waals surface area contributed by atoms with Crippen molar-refractivity contribution in [3.63, 3.8) is 0 Å². The highest BCUT2D eigenvalue weighted by molar-refractivity contribution is 6.34. The topological polar surface area (TPSA) is 49.3 Å². The van der Waals surface area contributed by atoms with Crippen LogP contribution in [0.4, 0.5) is 0 Å². The number of aliphatic hydroxyl groups excluding tert-OH is 1. The molecular formula is C17H18ClNO2. The number of halogens is 1. The number of nitrogens with one attached hydrogen (secondary N) is 1. The van der Waals surface area contributed by atoms with Crippen LogP contribution in [0.3, 0.4) is 0 Å². The Labute approximate surface area is 129 Å². The smallest absolute Gasteiger partial charge is 0.253 e. The average molecular weight is 304 g/mol. The molecule has 2 rings (SSSR count). The second-order valence-electron chi connectivity index (χ2n) is 4.98. The molecule has 110 valence electrons. The lowest BCUT2D eigenvalue weighted by atomic mass is 10.1. The van der Waals surface area contributed by atoms with Gasteiger partial charge in [-0.1, -0.05) is 54.1 Å². The van der Waals surface area contributed by atoms with Crippen LogP contribution in [0.5, 0.6) is 0 Å². The van der Waals surface area contributed by atoms with Gasteiger partial charge in [-0.15, -0.1) is 0 Å². The molecule has 1 atom stereocenters. The fraction of sp³-hybridized carbons (Fsp3) is 0.235. The predicted octanol–water partition coefficient (Wildman–Crippen LogP) is 2.98. The number of carbonyl (C=O) groups excluding carboxylic acids is 1. The number of aliphatic hydroxyl groups is 1. The fourth-order valence-electron chi connectivity index (χ4n) is 2.15. The van der Waals surface area contributed by atoms with Gasteiger partial charge in [-0.3, -0.25) is 4.79 Å². The standard InChI is InChI=1S/C17H18ClNO2/c1-12-6-5-9-15(16(12)18)17(21)19-14(11-20)10-13-7-3-2-4-8-13/h2-9,14,20H,10-11H2,1H3,(H,19,21)/t14-/m0/s1. The maximum absolute atomic E-state index is 12.3. The van der Waals surface area contributed by atoms with Gasteiger partial charge in [-0.2, -0.15) is 0 Å². The first-order chi connectivity index (χ1) is 10.1. The fourth-order valence-corrected chi connectivity index (χ4v) is 2.36. The summed E-state index contributed by atoms with van der Waals surface area (Å²) in [6.07, 6.45) is 0.576. The monoisotopic (exact) mass is 303 g/mol. The third-order valence-electron chi connectivity index (χ3n) is 3.32. The molecule has 0 bridgehead atoms. The largest absolute Gasteiger partial charge is 0.394 e. The highest BCUT2D eigenvalue weighted by atomic mass is 35.5. The number of amides is 1. The van der Waals surface area contributed by atoms with E-state index in [1.807, 2.05) is 43.3 Å². The second kappa shape index (κ2) is 7.25. The Morgan fingerprint density at radius 1 is 1.19 bits per heavy atom. The summed E-state index contributed by atoms with van der Waals surface area (Å²) in [7, 11) is 0. The van der Waals surface area contributed by atoms with Crippen LogP contribution in [0.2, 0.25) is 5.02 Å². The van der Waals surface area contributed by atoms with Crippen LogP contribution < -0.4 is 5.32 Å². The summed E-state index contributed by atoms with van der Waals surface area (Å²) in [4.78, 5) is 12.3. The number of hydrogen-bond acceptors (Lipinski definition) is 2. The molecule has 3 nitrogen and oxygen atoms in total. The number of carbonyl (C=O) groups is 1. The molecule has 0 saturated carbocycles. The van der Waals surface area contributed by atoms with E-state index >= 15 is 0 Å². The van der Waals surface area contributed by atoms with Gasteiger partial charge in [0.25, 0.3) is 5.91 Å². The number of rotatable bonds is 5. The van der Waals surface area contributed by atoms with Crippen molar-refractivity contribution in [2.75, 3.05) is 6.61 Å². The Balaban J connectivity index is 2.08. The van der Waals surface area contributed by atoms with E-state index in [0.717, 1.165) is 11.1 Å². The zero-order valence-electron chi connectivity index (χ0n) is 11.8. The minimum absolute atomic E-state index is 0.121. The molecule has 21 heavy (non-hydrogen) atoms. The lowest BCUT2D eigenvalue weighted by Crippen LogP contribution is -2.39. The first-order valence-corrected chi connectivity index (χ1v) is 7.20. The molecule has 0 unspecified atom stereocenters. The minimum Gasteiger partial charge on any atom is -0.394 e. The molecule has 2 N–H and O–H groups in total. The zero-order chi connectivity index (χ0) is 15.2. The summed E-state index contributed by atoms with van der Waals surface area (Å²) in [5.41, 5.74) is 2.35. The Hall–Kier alpha value is -1.84. The van der Waals surface area contributed by atoms with Gasteiger partial charge in [0.2, 0.25) is 0 Å². The van der Waals surface area contributed by atoms with Crippen LogP contribution in [0.25, 0.3) is 0 Å². The quantitative estimate of drug-likeness (QED) is 0.892. The second-order valence-corrected chi connectivity index (χ2v) is 5.36. The Bertz CT molecular complexity index is 613. The molecule has 1 amide bonds. The van der Waals surface area contributed by atoms with Crippen LogP contribution in [-0.4, -0.2) is 23.7 Å². The van der Waals surface area contributed by atoms with E-state index in [4.69, 9.17) is 11.6 Å². The Morgan fingerprint density at radius 2 is 1.90 bits per heavy atom. The van der Waals surface area contributed by atoms with E-state index < -0.39 is 0 Å². The summed E-state index contributed by atoms with van der Waals surface area (Å²) in [6, 6.07) is 14.7. The van der Waals surface area contributed by atoms with Crippen LogP contribution >= 0.6 is 11.6 Å². The molecule has 2 aromatic rings. The SMILES string of the molecule is Cc1cccc(C(=O)N[C@H](CO)Cc2ccccc2)c1Cl. The van der Waals surface area contributed by atoms with Crippen molar-refractivity contribution >= 4 is 17.5 Å². The molecule has 2 aromatic carbocycles. The van der Waals surface area contributed by atoms with Crippen molar-refractivity contribution in [1.29, 1.82) is 0 Å². The van der Waals surface area contributed by atoms with Crippen molar-refractivity contribution in [2.45, 2.75) is 19.4 Å².